The standard InChI is InChI=1S/C24H33FN6O2/c1-15-8-17(9-16(2)29-15)12-27-14-19(11-26)31-22-5-7-33-6-4-20(22)23(30-31)18-10-21(25)24(32-3)28-13-18/h10-11,13-17,29H,4-9,12,26H2,1-3H3/t15-,16+,17?. The van der Waals surface area contributed by atoms with Crippen LogP contribution in [0, 0.1) is 11.7 Å². The summed E-state index contributed by atoms with van der Waals surface area (Å²) in [6, 6.07) is 2.41. The van der Waals surface area contributed by atoms with E-state index in [1.54, 1.807) is 12.4 Å². The average molecular weight is 457 g/mol. The van der Waals surface area contributed by atoms with Crippen LogP contribution >= 0.6 is 0 Å². The molecule has 1 unspecified atom stereocenters. The molecular formula is C24H33FN6O2. The molecule has 0 aromatic carbocycles. The third kappa shape index (κ3) is 5.25. The summed E-state index contributed by atoms with van der Waals surface area (Å²) in [6.07, 6.45) is 8.48. The minimum absolute atomic E-state index is 0.0381. The molecule has 0 spiro atoms. The number of nitrogens with one attached hydrogen (secondary N) is 1. The van der Waals surface area contributed by atoms with Crippen molar-refractivity contribution in [3.8, 4) is 17.1 Å². The van der Waals surface area contributed by atoms with Gasteiger partial charge in [0.2, 0.25) is 5.88 Å². The maximum Gasteiger partial charge on any atom is 0.250 e. The van der Waals surface area contributed by atoms with Gasteiger partial charge in [0.15, 0.2) is 5.82 Å². The first-order valence-electron chi connectivity index (χ1n) is 11.6. The molecule has 3 N–H and O–H groups in total. The number of halogens is 1. The Morgan fingerprint density at radius 2 is 2.09 bits per heavy atom. The Balaban J connectivity index is 1.63. The highest BCUT2D eigenvalue weighted by atomic mass is 19.1. The summed E-state index contributed by atoms with van der Waals surface area (Å²) in [5.41, 5.74) is 10.00. The summed E-state index contributed by atoms with van der Waals surface area (Å²) in [6.45, 7) is 6.36. The molecule has 178 valence electrons. The number of hydrogen-bond acceptors (Lipinski definition) is 7. The largest absolute Gasteiger partial charge is 0.479 e. The first-order chi connectivity index (χ1) is 16.0. The van der Waals surface area contributed by atoms with Crippen LogP contribution < -0.4 is 15.8 Å². The molecule has 9 heteroatoms. The molecule has 1 saturated heterocycles. The van der Waals surface area contributed by atoms with Gasteiger partial charge in [-0.3, -0.25) is 4.99 Å². The van der Waals surface area contributed by atoms with Gasteiger partial charge in [-0.05, 0) is 45.1 Å². The van der Waals surface area contributed by atoms with Crippen molar-refractivity contribution in [3.63, 3.8) is 0 Å². The maximum absolute atomic E-state index is 14.4. The Labute approximate surface area is 194 Å². The van der Waals surface area contributed by atoms with Gasteiger partial charge in [0.25, 0.3) is 0 Å². The van der Waals surface area contributed by atoms with Gasteiger partial charge in [0.1, 0.15) is 0 Å². The van der Waals surface area contributed by atoms with E-state index in [1.807, 2.05) is 4.68 Å². The van der Waals surface area contributed by atoms with Gasteiger partial charge in [-0.15, -0.1) is 0 Å². The summed E-state index contributed by atoms with van der Waals surface area (Å²) in [7, 11) is 1.39. The molecule has 4 rings (SSSR count). The van der Waals surface area contributed by atoms with E-state index in [2.05, 4.69) is 24.1 Å². The van der Waals surface area contributed by atoms with E-state index in [-0.39, 0.29) is 5.88 Å². The highest BCUT2D eigenvalue weighted by Gasteiger charge is 2.24. The van der Waals surface area contributed by atoms with Crippen molar-refractivity contribution in [3.05, 3.63) is 35.5 Å². The van der Waals surface area contributed by atoms with Crippen molar-refractivity contribution < 1.29 is 13.9 Å². The molecule has 2 aromatic heterocycles. The number of aromatic nitrogens is 3. The van der Waals surface area contributed by atoms with Crippen LogP contribution in [0.25, 0.3) is 17.0 Å². The first kappa shape index (κ1) is 23.4. The fourth-order valence-electron chi connectivity index (χ4n) is 4.93. The van der Waals surface area contributed by atoms with Gasteiger partial charge in [-0.2, -0.15) is 5.10 Å². The Bertz CT molecular complexity index is 1020. The van der Waals surface area contributed by atoms with Gasteiger partial charge in [-0.1, -0.05) is 0 Å². The Hall–Kier alpha value is -2.78. The van der Waals surface area contributed by atoms with Gasteiger partial charge in [0.05, 0.1) is 37.4 Å². The average Bonchev–Trinajstić information content (AvgIpc) is 2.97. The van der Waals surface area contributed by atoms with Crippen LogP contribution in [0.15, 0.2) is 23.5 Å². The zero-order chi connectivity index (χ0) is 23.4. The molecule has 2 aliphatic heterocycles. The van der Waals surface area contributed by atoms with Crippen LogP contribution in [-0.4, -0.2) is 59.9 Å². The summed E-state index contributed by atoms with van der Waals surface area (Å²) in [5, 5.41) is 8.39. The fraction of sp³-hybridized carbons (Fsp3) is 0.542. The number of fused-ring (bicyclic) bond motifs is 1. The molecule has 0 aliphatic carbocycles. The predicted molar refractivity (Wildman–Crippen MR) is 127 cm³/mol. The Kier molecular flexibility index (Phi) is 7.39. The third-order valence-electron chi connectivity index (χ3n) is 6.29. The molecule has 0 radical (unpaired) electrons. The second-order valence-electron chi connectivity index (χ2n) is 8.91. The lowest BCUT2D eigenvalue weighted by atomic mass is 9.89. The van der Waals surface area contributed by atoms with Crippen molar-refractivity contribution in [2.75, 3.05) is 26.9 Å². The maximum atomic E-state index is 14.4. The van der Waals surface area contributed by atoms with Crippen molar-refractivity contribution in [1.82, 2.24) is 20.1 Å². The molecule has 8 nitrogen and oxygen atoms in total. The highest BCUT2D eigenvalue weighted by Crippen LogP contribution is 2.31. The smallest absolute Gasteiger partial charge is 0.250 e. The van der Waals surface area contributed by atoms with Gasteiger partial charge in [-0.25, -0.2) is 14.1 Å². The first-order valence-corrected chi connectivity index (χ1v) is 11.6. The van der Waals surface area contributed by atoms with E-state index in [0.29, 0.717) is 61.0 Å². The second kappa shape index (κ2) is 10.4. The number of methoxy groups -OCH3 is 1. The van der Waals surface area contributed by atoms with Gasteiger partial charge in [0, 0.05) is 54.8 Å². The SMILES string of the molecule is COc1ncc(-c2nn(C(C=NCC3C[C@@H](C)N[C@@H](C)C3)=CN)c3c2CCOCC3)cc1F. The number of rotatable bonds is 6. The summed E-state index contributed by atoms with van der Waals surface area (Å²) < 4.78 is 26.8. The molecule has 1 fully saturated rings. The van der Waals surface area contributed by atoms with E-state index >= 15 is 0 Å². The van der Waals surface area contributed by atoms with Crippen molar-refractivity contribution in [2.24, 2.45) is 16.6 Å². The van der Waals surface area contributed by atoms with Gasteiger partial charge < -0.3 is 20.5 Å². The molecule has 3 atom stereocenters. The number of nitrogens with zero attached hydrogens (tertiary/aromatic N) is 4. The topological polar surface area (TPSA) is 99.6 Å². The van der Waals surface area contributed by atoms with Crippen molar-refractivity contribution in [2.45, 2.75) is 51.6 Å². The Morgan fingerprint density at radius 3 is 2.79 bits per heavy atom. The Morgan fingerprint density at radius 1 is 1.33 bits per heavy atom. The van der Waals surface area contributed by atoms with Crippen LogP contribution in [0.3, 0.4) is 0 Å². The minimum atomic E-state index is -0.523. The highest BCUT2D eigenvalue weighted by molar-refractivity contribution is 6.02. The van der Waals surface area contributed by atoms with Crippen LogP contribution in [0.2, 0.25) is 0 Å². The van der Waals surface area contributed by atoms with E-state index < -0.39 is 5.82 Å². The molecule has 4 heterocycles. The molecule has 33 heavy (non-hydrogen) atoms. The number of allylic oxidation sites excluding steroid dienone is 1. The normalized spacial score (nSPS) is 24.0. The quantitative estimate of drug-likeness (QED) is 0.649. The van der Waals surface area contributed by atoms with E-state index in [9.17, 15) is 4.39 Å². The molecule has 0 bridgehead atoms. The number of ether oxygens (including phenoxy) is 2. The molecule has 2 aromatic rings. The fourth-order valence-corrected chi connectivity index (χ4v) is 4.93. The lowest BCUT2D eigenvalue weighted by Crippen LogP contribution is -2.42. The second-order valence-corrected chi connectivity index (χ2v) is 8.91. The van der Waals surface area contributed by atoms with Crippen LogP contribution in [0.4, 0.5) is 4.39 Å². The summed E-state index contributed by atoms with van der Waals surface area (Å²) in [4.78, 5) is 8.81. The zero-order valence-corrected chi connectivity index (χ0v) is 19.6. The van der Waals surface area contributed by atoms with Crippen LogP contribution in [0.5, 0.6) is 5.88 Å². The van der Waals surface area contributed by atoms with Crippen molar-refractivity contribution in [1.29, 1.82) is 0 Å². The predicted octanol–water partition coefficient (Wildman–Crippen LogP) is 2.81. The number of aliphatic imine (C=N–C) groups is 1. The molecule has 2 aliphatic rings. The van der Waals surface area contributed by atoms with E-state index in [1.165, 1.54) is 19.4 Å². The molecular weight excluding hydrogens is 423 g/mol. The zero-order valence-electron chi connectivity index (χ0n) is 19.6. The number of nitrogens with two attached hydrogens (primary N) is 1. The number of pyridine rings is 1. The molecule has 0 saturated carbocycles. The van der Waals surface area contributed by atoms with Crippen molar-refractivity contribution >= 4 is 11.9 Å². The lowest BCUT2D eigenvalue weighted by Gasteiger charge is -2.32. The van der Waals surface area contributed by atoms with Crippen LogP contribution in [-0.2, 0) is 17.6 Å². The van der Waals surface area contributed by atoms with E-state index in [4.69, 9.17) is 25.3 Å². The lowest BCUT2D eigenvalue weighted by molar-refractivity contribution is 0.145. The minimum Gasteiger partial charge on any atom is -0.479 e. The van der Waals surface area contributed by atoms with E-state index in [0.717, 1.165) is 30.6 Å². The number of piperidine rings is 1. The monoisotopic (exact) mass is 456 g/mol. The summed E-state index contributed by atoms with van der Waals surface area (Å²) in [5.74, 6) is -0.0212. The number of hydrogen-bond donors (Lipinski definition) is 2. The third-order valence-corrected chi connectivity index (χ3v) is 6.29. The van der Waals surface area contributed by atoms with Crippen LogP contribution in [0.1, 0.15) is 37.9 Å². The molecule has 0 amide bonds. The van der Waals surface area contributed by atoms with Gasteiger partial charge >= 0.3 is 0 Å². The summed E-state index contributed by atoms with van der Waals surface area (Å²) >= 11 is 0.